The van der Waals surface area contributed by atoms with E-state index in [-0.39, 0.29) is 28.5 Å². The average Bonchev–Trinajstić information content (AvgIpc) is 3.43. The van der Waals surface area contributed by atoms with Gasteiger partial charge in [-0.15, -0.1) is 0 Å². The minimum Gasteiger partial charge on any atom is -0.492 e. The first kappa shape index (κ1) is 30.1. The highest BCUT2D eigenvalue weighted by atomic mass is 32.2. The van der Waals surface area contributed by atoms with Crippen LogP contribution >= 0.6 is 11.8 Å². The molecule has 42 heavy (non-hydrogen) atoms. The molecule has 0 radical (unpaired) electrons. The smallest absolute Gasteiger partial charge is 0.286 e. The summed E-state index contributed by atoms with van der Waals surface area (Å²) in [4.78, 5) is 25.6. The van der Waals surface area contributed by atoms with Crippen LogP contribution in [0.15, 0.2) is 60.7 Å². The number of imide groups is 1. The minimum atomic E-state index is -0.461. The Bertz CT molecular complexity index is 1440. The largest absolute Gasteiger partial charge is 0.492 e. The van der Waals surface area contributed by atoms with Gasteiger partial charge in [-0.3, -0.25) is 19.8 Å². The normalized spacial score (nSPS) is 19.9. The molecule has 2 heterocycles. The van der Waals surface area contributed by atoms with Crippen LogP contribution in [0.1, 0.15) is 53.1 Å². The van der Waals surface area contributed by atoms with Crippen LogP contribution in [-0.4, -0.2) is 53.3 Å². The topological polar surface area (TPSA) is 77.1 Å². The number of nitrogens with zero attached hydrogens (tertiary/aromatic N) is 1. The van der Waals surface area contributed by atoms with Gasteiger partial charge >= 0.3 is 0 Å². The molecule has 3 unspecified atom stereocenters. The van der Waals surface area contributed by atoms with Gasteiger partial charge < -0.3 is 14.2 Å². The Morgan fingerprint density at radius 2 is 1.71 bits per heavy atom. The molecule has 0 spiro atoms. The van der Waals surface area contributed by atoms with Crippen LogP contribution in [0.3, 0.4) is 0 Å². The van der Waals surface area contributed by atoms with Gasteiger partial charge in [0.2, 0.25) is 5.91 Å². The van der Waals surface area contributed by atoms with E-state index in [1.807, 2.05) is 42.5 Å². The zero-order chi connectivity index (χ0) is 30.0. The van der Waals surface area contributed by atoms with Crippen LogP contribution in [0.2, 0.25) is 0 Å². The fourth-order valence-corrected chi connectivity index (χ4v) is 6.74. The molecule has 1 N–H and O–H groups in total. The number of carbonyl (C=O) groups is 2. The Labute approximate surface area is 252 Å². The minimum absolute atomic E-state index is 0.00247. The van der Waals surface area contributed by atoms with Gasteiger partial charge in [0.05, 0.1) is 17.8 Å². The highest BCUT2D eigenvalue weighted by molar-refractivity contribution is 8.15. The number of benzene rings is 3. The number of carbonyl (C=O) groups excluding carboxylic acids is 2. The highest BCUT2D eigenvalue weighted by Crippen LogP contribution is 2.51. The number of hydrogen-bond acceptors (Lipinski definition) is 7. The van der Waals surface area contributed by atoms with Gasteiger partial charge in [0, 0.05) is 12.1 Å². The summed E-state index contributed by atoms with van der Waals surface area (Å²) in [5, 5.41) is 1.68. The molecule has 0 bridgehead atoms. The lowest BCUT2D eigenvalue weighted by Crippen LogP contribution is -2.48. The summed E-state index contributed by atoms with van der Waals surface area (Å²) < 4.78 is 19.5. The van der Waals surface area contributed by atoms with Gasteiger partial charge in [0.15, 0.2) is 0 Å². The van der Waals surface area contributed by atoms with Crippen LogP contribution in [0.5, 0.6) is 11.5 Å². The number of ether oxygens (including phenoxy) is 3. The van der Waals surface area contributed by atoms with Crippen molar-refractivity contribution in [3.8, 4) is 11.5 Å². The van der Waals surface area contributed by atoms with Crippen molar-refractivity contribution in [3.63, 3.8) is 0 Å². The molecule has 3 atom stereocenters. The molecule has 0 aliphatic carbocycles. The molecule has 222 valence electrons. The summed E-state index contributed by atoms with van der Waals surface area (Å²) in [6.45, 7) is 12.4. The Morgan fingerprint density at radius 1 is 1.00 bits per heavy atom. The number of rotatable bonds is 11. The standard InChI is InChI=1S/C34H40N2O5S/c1-21-18-22(2)28-29(34(4,5)41-30(28)23(21)3)32(40-20-25-10-8-7-9-11-25)36(6)16-17-39-26-14-12-24(13-15-26)19-27-31(37)35-33(38)42-27/h7-15,18,27,29,32H,16-17,19-20H2,1-6H3,(H,35,37,38). The second kappa shape index (κ2) is 12.5. The van der Waals surface area contributed by atoms with Crippen molar-refractivity contribution in [2.45, 2.75) is 70.6 Å². The third kappa shape index (κ3) is 6.51. The van der Waals surface area contributed by atoms with E-state index >= 15 is 0 Å². The van der Waals surface area contributed by atoms with Crippen molar-refractivity contribution in [1.82, 2.24) is 10.2 Å². The van der Waals surface area contributed by atoms with E-state index in [1.54, 1.807) is 0 Å². The summed E-state index contributed by atoms with van der Waals surface area (Å²) >= 11 is 1.05. The highest BCUT2D eigenvalue weighted by Gasteiger charge is 2.49. The van der Waals surface area contributed by atoms with E-state index < -0.39 is 5.60 Å². The Balaban J connectivity index is 1.29. The second-order valence-corrected chi connectivity index (χ2v) is 13.0. The fourth-order valence-electron chi connectivity index (χ4n) is 5.88. The van der Waals surface area contributed by atoms with Gasteiger partial charge in [-0.25, -0.2) is 0 Å². The molecule has 2 aliphatic heterocycles. The van der Waals surface area contributed by atoms with Crippen LogP contribution < -0.4 is 14.8 Å². The van der Waals surface area contributed by atoms with Crippen LogP contribution in [0.4, 0.5) is 4.79 Å². The zero-order valence-corrected chi connectivity index (χ0v) is 26.0. The van der Waals surface area contributed by atoms with Crippen LogP contribution in [-0.2, 0) is 22.6 Å². The van der Waals surface area contributed by atoms with Crippen LogP contribution in [0.25, 0.3) is 0 Å². The lowest BCUT2D eigenvalue weighted by molar-refractivity contribution is -0.118. The van der Waals surface area contributed by atoms with Gasteiger partial charge in [-0.1, -0.05) is 60.3 Å². The first-order valence-electron chi connectivity index (χ1n) is 14.4. The van der Waals surface area contributed by atoms with E-state index in [1.165, 1.54) is 22.3 Å². The van der Waals surface area contributed by atoms with Gasteiger partial charge in [0.1, 0.15) is 29.9 Å². The first-order chi connectivity index (χ1) is 20.0. The molecular formula is C34H40N2O5S. The van der Waals surface area contributed by atoms with E-state index in [4.69, 9.17) is 14.2 Å². The number of nitrogens with one attached hydrogen (secondary N) is 1. The third-order valence-electron chi connectivity index (χ3n) is 8.27. The SMILES string of the molecule is Cc1cc(C)c2c(c1C)OC(C)(C)C2C(OCc1ccccc1)N(C)CCOc1ccc(CC2SC(=O)NC2=O)cc1. The maximum atomic E-state index is 11.9. The van der Waals surface area contributed by atoms with Gasteiger partial charge in [-0.2, -0.15) is 0 Å². The van der Waals surface area contributed by atoms with E-state index in [2.05, 4.69) is 70.1 Å². The molecule has 3 aromatic rings. The molecule has 2 aliphatic rings. The zero-order valence-electron chi connectivity index (χ0n) is 25.2. The average molecular weight is 589 g/mol. The number of amides is 2. The monoisotopic (exact) mass is 588 g/mol. The van der Waals surface area contributed by atoms with E-state index in [0.717, 1.165) is 34.4 Å². The van der Waals surface area contributed by atoms with E-state index in [0.29, 0.717) is 26.2 Å². The summed E-state index contributed by atoms with van der Waals surface area (Å²) in [6, 6.07) is 20.2. The molecule has 2 amide bonds. The molecule has 5 rings (SSSR count). The Hall–Kier alpha value is -3.33. The van der Waals surface area contributed by atoms with Crippen molar-refractivity contribution in [2.75, 3.05) is 20.2 Å². The van der Waals surface area contributed by atoms with E-state index in [9.17, 15) is 9.59 Å². The predicted octanol–water partition coefficient (Wildman–Crippen LogP) is 6.31. The first-order valence-corrected chi connectivity index (χ1v) is 15.3. The Kier molecular flexibility index (Phi) is 8.97. The number of thioether (sulfide) groups is 1. The predicted molar refractivity (Wildman–Crippen MR) is 166 cm³/mol. The molecule has 0 saturated carbocycles. The molecule has 7 nitrogen and oxygen atoms in total. The molecule has 1 saturated heterocycles. The molecular weight excluding hydrogens is 548 g/mol. The number of likely N-dealkylation sites (N-methyl/N-ethyl adjacent to an activating group) is 1. The van der Waals surface area contributed by atoms with Crippen molar-refractivity contribution in [3.05, 3.63) is 94.0 Å². The van der Waals surface area contributed by atoms with Gasteiger partial charge in [-0.05, 0) is 88.0 Å². The lowest BCUT2D eigenvalue weighted by atomic mass is 9.81. The van der Waals surface area contributed by atoms with Crippen molar-refractivity contribution < 1.29 is 23.8 Å². The van der Waals surface area contributed by atoms with Gasteiger partial charge in [0.25, 0.3) is 5.24 Å². The summed E-state index contributed by atoms with van der Waals surface area (Å²) in [7, 11) is 2.08. The maximum absolute atomic E-state index is 11.9. The number of fused-ring (bicyclic) bond motifs is 1. The number of aryl methyl sites for hydroxylation is 2. The Morgan fingerprint density at radius 3 is 2.38 bits per heavy atom. The van der Waals surface area contributed by atoms with Crippen molar-refractivity contribution in [2.24, 2.45) is 0 Å². The quantitative estimate of drug-likeness (QED) is 0.263. The summed E-state index contributed by atoms with van der Waals surface area (Å²) in [5.41, 5.74) is 6.51. The van der Waals surface area contributed by atoms with Crippen molar-refractivity contribution in [1.29, 1.82) is 0 Å². The fraction of sp³-hybridized carbons (Fsp3) is 0.412. The lowest BCUT2D eigenvalue weighted by Gasteiger charge is -2.38. The second-order valence-electron chi connectivity index (χ2n) is 11.8. The third-order valence-corrected chi connectivity index (χ3v) is 9.25. The number of hydrogen-bond donors (Lipinski definition) is 1. The summed E-state index contributed by atoms with van der Waals surface area (Å²) in [6.07, 6.45) is 0.260. The van der Waals surface area contributed by atoms with Crippen molar-refractivity contribution >= 4 is 22.9 Å². The summed E-state index contributed by atoms with van der Waals surface area (Å²) in [5.74, 6) is 1.51. The molecule has 0 aromatic heterocycles. The molecule has 1 fully saturated rings. The molecule has 8 heteroatoms. The molecule has 3 aromatic carbocycles. The maximum Gasteiger partial charge on any atom is 0.286 e. The van der Waals surface area contributed by atoms with Crippen LogP contribution in [0, 0.1) is 20.8 Å².